The molecule has 0 rings (SSSR count). The van der Waals surface area contributed by atoms with Gasteiger partial charge in [0.25, 0.3) is 0 Å². The number of hydrogen-bond donors (Lipinski definition) is 0. The molecule has 0 aromatic heterocycles. The van der Waals surface area contributed by atoms with E-state index in [1.54, 1.807) is 0 Å². The second-order valence-corrected chi connectivity index (χ2v) is 13.9. The predicted molar refractivity (Wildman–Crippen MR) is 107 cm³/mol. The normalized spacial score (nSPS) is 13.0. The first-order valence-corrected chi connectivity index (χ1v) is 14.3. The highest BCUT2D eigenvalue weighted by Crippen LogP contribution is 2.43. The molecule has 0 aliphatic carbocycles. The molecule has 146 valence electrons. The third kappa shape index (κ3) is 6.54. The van der Waals surface area contributed by atoms with Crippen LogP contribution >= 0.6 is 0 Å². The van der Waals surface area contributed by atoms with E-state index in [1.165, 1.54) is 19.3 Å². The summed E-state index contributed by atoms with van der Waals surface area (Å²) in [7, 11) is -4.74. The van der Waals surface area contributed by atoms with Gasteiger partial charge in [-0.2, -0.15) is 0 Å². The zero-order valence-corrected chi connectivity index (χ0v) is 19.3. The van der Waals surface area contributed by atoms with Crippen molar-refractivity contribution in [3.8, 4) is 0 Å². The molecular formula is C18H42O4Si2. The fourth-order valence-corrected chi connectivity index (χ4v) is 14.7. The van der Waals surface area contributed by atoms with Crippen LogP contribution in [0.4, 0.5) is 0 Å². The molecule has 0 aliphatic rings. The van der Waals surface area contributed by atoms with Crippen LogP contribution in [0.1, 0.15) is 74.1 Å². The Balaban J connectivity index is 5.85. The lowest BCUT2D eigenvalue weighted by molar-refractivity contribution is 0.146. The highest BCUT2D eigenvalue weighted by molar-refractivity contribution is 6.88. The highest BCUT2D eigenvalue weighted by Gasteiger charge is 2.58. The van der Waals surface area contributed by atoms with Crippen LogP contribution in [0.3, 0.4) is 0 Å². The van der Waals surface area contributed by atoms with Crippen LogP contribution in [0, 0.1) is 0 Å². The van der Waals surface area contributed by atoms with Crippen LogP contribution < -0.4 is 0 Å². The first-order valence-electron chi connectivity index (χ1n) is 10.1. The molecule has 0 aromatic carbocycles. The van der Waals surface area contributed by atoms with Gasteiger partial charge in [-0.15, -0.1) is 0 Å². The molecule has 0 N–H and O–H groups in total. The molecule has 0 heterocycles. The Morgan fingerprint density at radius 2 is 0.958 bits per heavy atom. The summed E-state index contributed by atoms with van der Waals surface area (Å²) in [4.78, 5) is 0. The minimum atomic E-state index is -2.37. The van der Waals surface area contributed by atoms with Gasteiger partial charge in [-0.3, -0.25) is 0 Å². The summed E-state index contributed by atoms with van der Waals surface area (Å²) in [5, 5.41) is 0.325. The molecule has 0 aliphatic heterocycles. The number of unbranched alkanes of at least 4 members (excludes halogenated alkanes) is 2. The maximum Gasteiger partial charge on any atom is 0.343 e. The third-order valence-electron chi connectivity index (χ3n) is 4.70. The van der Waals surface area contributed by atoms with Gasteiger partial charge < -0.3 is 17.7 Å². The molecule has 0 saturated heterocycles. The van der Waals surface area contributed by atoms with Crippen molar-refractivity contribution < 1.29 is 17.7 Å². The highest BCUT2D eigenvalue weighted by atomic mass is 28.4. The van der Waals surface area contributed by atoms with Crippen molar-refractivity contribution in [1.29, 1.82) is 0 Å². The van der Waals surface area contributed by atoms with Crippen molar-refractivity contribution in [3.63, 3.8) is 0 Å². The van der Waals surface area contributed by atoms with Gasteiger partial charge in [-0.1, -0.05) is 40.0 Å². The van der Waals surface area contributed by atoms with Crippen LogP contribution in [0.5, 0.6) is 0 Å². The van der Waals surface area contributed by atoms with Gasteiger partial charge in [0.1, 0.15) is 0 Å². The monoisotopic (exact) mass is 378 g/mol. The third-order valence-corrected chi connectivity index (χ3v) is 15.1. The van der Waals surface area contributed by atoms with E-state index in [0.29, 0.717) is 31.6 Å². The van der Waals surface area contributed by atoms with Gasteiger partial charge in [-0.05, 0) is 46.2 Å². The predicted octanol–water partition coefficient (Wildman–Crippen LogP) is 5.55. The Hall–Kier alpha value is 0.274. The molecule has 0 bridgehead atoms. The molecule has 0 amide bonds. The molecule has 24 heavy (non-hydrogen) atoms. The minimum absolute atomic E-state index is 0.325. The van der Waals surface area contributed by atoms with Crippen LogP contribution in [0.15, 0.2) is 0 Å². The van der Waals surface area contributed by atoms with Gasteiger partial charge in [0.2, 0.25) is 0 Å². The lowest BCUT2D eigenvalue weighted by atomic mass is 10.2. The van der Waals surface area contributed by atoms with Gasteiger partial charge >= 0.3 is 17.1 Å². The average Bonchev–Trinajstić information content (AvgIpc) is 2.58. The smallest absolute Gasteiger partial charge is 0.343 e. The Morgan fingerprint density at radius 3 is 1.21 bits per heavy atom. The molecule has 0 unspecified atom stereocenters. The largest absolute Gasteiger partial charge is 0.394 e. The van der Waals surface area contributed by atoms with Crippen molar-refractivity contribution in [3.05, 3.63) is 0 Å². The summed E-state index contributed by atoms with van der Waals surface area (Å²) in [5.74, 6) is 0. The number of hydrogen-bond acceptors (Lipinski definition) is 4. The SMILES string of the molecule is CCCCCC([Si](CC)(OCC)OCC)[Si](CC)(OCC)OCC. The van der Waals surface area contributed by atoms with Crippen LogP contribution in [0.25, 0.3) is 0 Å². The molecule has 0 atom stereocenters. The molecule has 0 radical (unpaired) electrons. The first kappa shape index (κ1) is 24.3. The summed E-state index contributed by atoms with van der Waals surface area (Å²) in [6, 6.07) is 1.92. The minimum Gasteiger partial charge on any atom is -0.394 e. The van der Waals surface area contributed by atoms with Crippen molar-refractivity contribution in [2.24, 2.45) is 0 Å². The Kier molecular flexibility index (Phi) is 13.6. The molecule has 0 saturated carbocycles. The summed E-state index contributed by atoms with van der Waals surface area (Å²) < 4.78 is 25.6. The quantitative estimate of drug-likeness (QED) is 0.261. The first-order chi connectivity index (χ1) is 11.6. The second-order valence-electron chi connectivity index (χ2n) is 6.11. The van der Waals surface area contributed by atoms with E-state index in [-0.39, 0.29) is 0 Å². The van der Waals surface area contributed by atoms with Gasteiger partial charge in [0.15, 0.2) is 0 Å². The lowest BCUT2D eigenvalue weighted by Gasteiger charge is -2.45. The van der Waals surface area contributed by atoms with Crippen molar-refractivity contribution in [1.82, 2.24) is 0 Å². The molecular weight excluding hydrogens is 336 g/mol. The summed E-state index contributed by atoms with van der Waals surface area (Å²) in [5.41, 5.74) is 0. The van der Waals surface area contributed by atoms with Crippen LogP contribution in [-0.2, 0) is 17.7 Å². The van der Waals surface area contributed by atoms with Crippen molar-refractivity contribution in [2.45, 2.75) is 91.4 Å². The maximum atomic E-state index is 6.40. The van der Waals surface area contributed by atoms with Gasteiger partial charge in [0.05, 0.1) is 0 Å². The summed E-state index contributed by atoms with van der Waals surface area (Å²) in [6.07, 6.45) is 4.77. The molecule has 0 aromatic rings. The number of rotatable bonds is 16. The van der Waals surface area contributed by atoms with Gasteiger partial charge in [-0.25, -0.2) is 0 Å². The fraction of sp³-hybridized carbons (Fsp3) is 1.00. The average molecular weight is 379 g/mol. The molecule has 4 nitrogen and oxygen atoms in total. The van der Waals surface area contributed by atoms with E-state index in [1.807, 2.05) is 0 Å². The fourth-order valence-electron chi connectivity index (χ4n) is 3.74. The van der Waals surface area contributed by atoms with Gasteiger partial charge in [0, 0.05) is 31.6 Å². The molecule has 0 spiro atoms. The lowest BCUT2D eigenvalue weighted by Crippen LogP contribution is -2.60. The van der Waals surface area contributed by atoms with E-state index in [9.17, 15) is 0 Å². The van der Waals surface area contributed by atoms with E-state index in [2.05, 4.69) is 48.5 Å². The van der Waals surface area contributed by atoms with E-state index in [0.717, 1.165) is 18.5 Å². The molecule has 0 fully saturated rings. The summed E-state index contributed by atoms with van der Waals surface area (Å²) in [6.45, 7) is 17.8. The molecule has 6 heteroatoms. The summed E-state index contributed by atoms with van der Waals surface area (Å²) >= 11 is 0. The van der Waals surface area contributed by atoms with E-state index >= 15 is 0 Å². The standard InChI is InChI=1S/C18H42O4Si2/c1-8-15-16-17-18(23(13-6,19-9-2)20-10-3)24(14-7,21-11-4)22-12-5/h18H,8-17H2,1-7H3. The zero-order valence-electron chi connectivity index (χ0n) is 17.3. The van der Waals surface area contributed by atoms with Crippen LogP contribution in [0.2, 0.25) is 17.3 Å². The topological polar surface area (TPSA) is 36.9 Å². The second kappa shape index (κ2) is 13.5. The van der Waals surface area contributed by atoms with Crippen LogP contribution in [-0.4, -0.2) is 43.5 Å². The Labute approximate surface area is 153 Å². The Morgan fingerprint density at radius 1 is 0.583 bits per heavy atom. The van der Waals surface area contributed by atoms with Crippen molar-refractivity contribution in [2.75, 3.05) is 26.4 Å². The Bertz CT molecular complexity index is 267. The zero-order chi connectivity index (χ0) is 18.5. The van der Waals surface area contributed by atoms with E-state index < -0.39 is 17.1 Å². The maximum absolute atomic E-state index is 6.40. The van der Waals surface area contributed by atoms with Crippen molar-refractivity contribution >= 4 is 17.1 Å². The van der Waals surface area contributed by atoms with E-state index in [4.69, 9.17) is 17.7 Å².